The molecule has 2 bridgehead atoms. The van der Waals surface area contributed by atoms with Crippen LogP contribution in [0.25, 0.3) is 0 Å². The maximum Gasteiger partial charge on any atom is 0.215 e. The Hall–Kier alpha value is 0.760. The van der Waals surface area contributed by atoms with Crippen molar-refractivity contribution in [1.82, 2.24) is 0 Å². The van der Waals surface area contributed by atoms with Crippen molar-refractivity contribution < 1.29 is 24.4 Å². The van der Waals surface area contributed by atoms with Gasteiger partial charge in [-0.2, -0.15) is 0 Å². The minimum Gasteiger partial charge on any atom is -0.386 e. The Kier molecular flexibility index (Phi) is 2.45. The van der Waals surface area contributed by atoms with E-state index in [1.165, 1.54) is 14.2 Å². The van der Waals surface area contributed by atoms with Gasteiger partial charge in [0.25, 0.3) is 0 Å². The summed E-state index contributed by atoms with van der Waals surface area (Å²) in [5, 5.41) is 21.0. The summed E-state index contributed by atoms with van der Waals surface area (Å²) >= 11 is 7.06. The molecule has 0 spiro atoms. The molecular weight excluding hydrogens is 360 g/mol. The molecule has 17 heavy (non-hydrogen) atoms. The third-order valence-electron chi connectivity index (χ3n) is 4.54. The molecule has 1 heterocycles. The van der Waals surface area contributed by atoms with Crippen LogP contribution in [-0.4, -0.2) is 57.4 Å². The van der Waals surface area contributed by atoms with Gasteiger partial charge in [0.05, 0.1) is 6.61 Å². The molecule has 0 aromatic rings. The summed E-state index contributed by atoms with van der Waals surface area (Å²) in [7, 11) is 3.00. The van der Waals surface area contributed by atoms with Crippen molar-refractivity contribution >= 4 is 31.9 Å². The Labute approximate surface area is 116 Å². The quantitative estimate of drug-likeness (QED) is 0.540. The van der Waals surface area contributed by atoms with Gasteiger partial charge in [0, 0.05) is 20.1 Å². The molecule has 0 radical (unpaired) electrons. The number of fused-ring (bicyclic) bond motifs is 1. The highest BCUT2D eigenvalue weighted by molar-refractivity contribution is 9.11. The maximum absolute atomic E-state index is 10.6. The molecule has 0 amide bonds. The summed E-state index contributed by atoms with van der Waals surface area (Å²) in [6.45, 7) is 0.362. The van der Waals surface area contributed by atoms with Crippen LogP contribution in [0, 0.1) is 5.92 Å². The average molecular weight is 374 g/mol. The fourth-order valence-corrected chi connectivity index (χ4v) is 6.75. The first kappa shape index (κ1) is 12.8. The first-order chi connectivity index (χ1) is 7.84. The SMILES string of the molecule is COC1(OC)[C@@]2(Br)C[C@@H]3CO[C@](O)([C@@H]2O)[C@@]31Br. The lowest BCUT2D eigenvalue weighted by atomic mass is 9.85. The summed E-state index contributed by atoms with van der Waals surface area (Å²) in [5.41, 5.74) is 0. The van der Waals surface area contributed by atoms with E-state index in [0.717, 1.165) is 0 Å². The standard InChI is InChI=1S/C10H14Br2O5/c1-15-10(16-2)7(11)3-5-4-17-9(14,6(7)13)8(5,10)12/h5-6,13-14H,3-4H2,1-2H3/t5-,6-,7-,8+,9-/m1/s1. The molecule has 5 nitrogen and oxygen atoms in total. The van der Waals surface area contributed by atoms with Crippen molar-refractivity contribution in [2.24, 2.45) is 5.92 Å². The van der Waals surface area contributed by atoms with E-state index in [9.17, 15) is 10.2 Å². The molecule has 1 aliphatic heterocycles. The second kappa shape index (κ2) is 3.26. The van der Waals surface area contributed by atoms with Crippen LogP contribution in [-0.2, 0) is 14.2 Å². The van der Waals surface area contributed by atoms with Crippen LogP contribution in [0.15, 0.2) is 0 Å². The summed E-state index contributed by atoms with van der Waals surface area (Å²) in [6, 6.07) is 0. The zero-order valence-corrected chi connectivity index (χ0v) is 12.6. The molecule has 2 aliphatic carbocycles. The lowest BCUT2D eigenvalue weighted by Gasteiger charge is -2.41. The van der Waals surface area contributed by atoms with E-state index < -0.39 is 26.3 Å². The maximum atomic E-state index is 10.6. The highest BCUT2D eigenvalue weighted by Gasteiger charge is 2.92. The fraction of sp³-hybridized carbons (Fsp3) is 1.00. The van der Waals surface area contributed by atoms with Crippen LogP contribution in [0.1, 0.15) is 6.42 Å². The zero-order valence-electron chi connectivity index (χ0n) is 9.44. The molecule has 0 aromatic heterocycles. The molecule has 0 unspecified atom stereocenters. The van der Waals surface area contributed by atoms with Crippen molar-refractivity contribution in [3.05, 3.63) is 0 Å². The largest absolute Gasteiger partial charge is 0.386 e. The van der Waals surface area contributed by atoms with Gasteiger partial charge in [-0.3, -0.25) is 0 Å². The first-order valence-electron chi connectivity index (χ1n) is 5.36. The summed E-state index contributed by atoms with van der Waals surface area (Å²) in [6.07, 6.45) is -0.531. The van der Waals surface area contributed by atoms with Gasteiger partial charge in [-0.15, -0.1) is 0 Å². The number of halogens is 2. The Morgan fingerprint density at radius 3 is 2.35 bits per heavy atom. The van der Waals surface area contributed by atoms with Crippen molar-refractivity contribution in [1.29, 1.82) is 0 Å². The number of aliphatic hydroxyl groups is 2. The second-order valence-electron chi connectivity index (χ2n) is 4.91. The topological polar surface area (TPSA) is 68.2 Å². The summed E-state index contributed by atoms with van der Waals surface area (Å²) in [4.78, 5) is 0. The van der Waals surface area contributed by atoms with E-state index in [1.54, 1.807) is 0 Å². The fourth-order valence-electron chi connectivity index (χ4n) is 3.84. The Balaban J connectivity index is 2.28. The van der Waals surface area contributed by atoms with Crippen LogP contribution in [0.2, 0.25) is 0 Å². The molecule has 3 fully saturated rings. The number of ether oxygens (including phenoxy) is 3. The number of alkyl halides is 2. The van der Waals surface area contributed by atoms with Crippen molar-refractivity contribution in [2.75, 3.05) is 20.8 Å². The number of rotatable bonds is 2. The molecule has 2 N–H and O–H groups in total. The van der Waals surface area contributed by atoms with Gasteiger partial charge < -0.3 is 24.4 Å². The highest BCUT2D eigenvalue weighted by atomic mass is 79.9. The molecule has 5 atom stereocenters. The lowest BCUT2D eigenvalue weighted by Crippen LogP contribution is -2.60. The van der Waals surface area contributed by atoms with Gasteiger partial charge >= 0.3 is 0 Å². The van der Waals surface area contributed by atoms with E-state index in [0.29, 0.717) is 13.0 Å². The molecule has 1 saturated heterocycles. The van der Waals surface area contributed by atoms with Gasteiger partial charge in [-0.05, 0) is 6.42 Å². The molecule has 0 aromatic carbocycles. The van der Waals surface area contributed by atoms with E-state index >= 15 is 0 Å². The predicted molar refractivity (Wildman–Crippen MR) is 65.1 cm³/mol. The number of hydrogen-bond acceptors (Lipinski definition) is 5. The van der Waals surface area contributed by atoms with Gasteiger partial charge in [0.1, 0.15) is 14.8 Å². The van der Waals surface area contributed by atoms with Gasteiger partial charge in [-0.1, -0.05) is 31.9 Å². The van der Waals surface area contributed by atoms with Crippen molar-refractivity contribution in [3.63, 3.8) is 0 Å². The third-order valence-corrected chi connectivity index (χ3v) is 7.55. The lowest BCUT2D eigenvalue weighted by molar-refractivity contribution is -0.252. The number of hydrogen-bond donors (Lipinski definition) is 2. The molecular formula is C10H14Br2O5. The van der Waals surface area contributed by atoms with Crippen LogP contribution in [0.4, 0.5) is 0 Å². The molecule has 3 rings (SSSR count). The average Bonchev–Trinajstić information content (AvgIpc) is 2.66. The zero-order chi connectivity index (χ0) is 12.7. The summed E-state index contributed by atoms with van der Waals surface area (Å²) < 4.78 is 14.7. The smallest absolute Gasteiger partial charge is 0.215 e. The first-order valence-corrected chi connectivity index (χ1v) is 6.95. The molecule has 7 heteroatoms. The minimum atomic E-state index is -1.70. The minimum absolute atomic E-state index is 0.00942. The molecule has 2 saturated carbocycles. The Morgan fingerprint density at radius 2 is 1.88 bits per heavy atom. The molecule has 3 aliphatic rings. The van der Waals surface area contributed by atoms with E-state index in [-0.39, 0.29) is 5.92 Å². The Morgan fingerprint density at radius 1 is 1.29 bits per heavy atom. The van der Waals surface area contributed by atoms with E-state index in [4.69, 9.17) is 14.2 Å². The van der Waals surface area contributed by atoms with E-state index in [1.807, 2.05) is 0 Å². The van der Waals surface area contributed by atoms with Gasteiger partial charge in [0.15, 0.2) is 0 Å². The van der Waals surface area contributed by atoms with Crippen LogP contribution >= 0.6 is 31.9 Å². The van der Waals surface area contributed by atoms with Crippen LogP contribution in [0.3, 0.4) is 0 Å². The number of aliphatic hydroxyl groups excluding tert-OH is 1. The Bertz CT molecular complexity index is 376. The van der Waals surface area contributed by atoms with Gasteiger partial charge in [0.2, 0.25) is 11.6 Å². The summed E-state index contributed by atoms with van der Waals surface area (Å²) in [5.74, 6) is -2.86. The van der Waals surface area contributed by atoms with Crippen molar-refractivity contribution in [3.8, 4) is 0 Å². The van der Waals surface area contributed by atoms with Crippen molar-refractivity contribution in [2.45, 2.75) is 32.7 Å². The highest BCUT2D eigenvalue weighted by Crippen LogP contribution is 2.75. The predicted octanol–water partition coefficient (Wildman–Crippen LogP) is 0.356. The van der Waals surface area contributed by atoms with Gasteiger partial charge in [-0.25, -0.2) is 0 Å². The van der Waals surface area contributed by atoms with Crippen LogP contribution < -0.4 is 0 Å². The molecule has 98 valence electrons. The monoisotopic (exact) mass is 372 g/mol. The number of methoxy groups -OCH3 is 2. The van der Waals surface area contributed by atoms with E-state index in [2.05, 4.69) is 31.9 Å². The second-order valence-corrected chi connectivity index (χ2v) is 7.58. The normalized spacial score (nSPS) is 58.9. The van der Waals surface area contributed by atoms with Crippen LogP contribution in [0.5, 0.6) is 0 Å². The third kappa shape index (κ3) is 0.927.